The van der Waals surface area contributed by atoms with Crippen molar-refractivity contribution in [1.29, 1.82) is 0 Å². The number of aryl methyl sites for hydroxylation is 1. The number of nitrogens with one attached hydrogen (secondary N) is 1. The van der Waals surface area contributed by atoms with Crippen LogP contribution in [0.25, 0.3) is 0 Å². The Bertz CT molecular complexity index is 573. The van der Waals surface area contributed by atoms with Gasteiger partial charge in [0, 0.05) is 41.3 Å². The van der Waals surface area contributed by atoms with Crippen molar-refractivity contribution in [1.82, 2.24) is 5.32 Å². The van der Waals surface area contributed by atoms with Gasteiger partial charge in [-0.05, 0) is 25.5 Å². The number of hydrogen-bond donors (Lipinski definition) is 2. The standard InChI is InChI=1S/C16H21NO3S/c1-13-7-8-14(6-3-4-10-18)15(12-13)16(19)17-9-5-11-21(2)20/h7-8,12,18H,4-5,9-11H2,1-2H3,(H,17,19). The van der Waals surface area contributed by atoms with Crippen LogP contribution in [0.3, 0.4) is 0 Å². The van der Waals surface area contributed by atoms with E-state index in [-0.39, 0.29) is 12.5 Å². The van der Waals surface area contributed by atoms with E-state index in [1.54, 1.807) is 12.3 Å². The quantitative estimate of drug-likeness (QED) is 0.613. The van der Waals surface area contributed by atoms with E-state index < -0.39 is 10.8 Å². The van der Waals surface area contributed by atoms with Gasteiger partial charge in [-0.2, -0.15) is 0 Å². The molecule has 1 rings (SSSR count). The zero-order chi connectivity index (χ0) is 15.7. The molecule has 0 heterocycles. The number of benzene rings is 1. The Morgan fingerprint density at radius 1 is 1.43 bits per heavy atom. The molecule has 0 saturated carbocycles. The third kappa shape index (κ3) is 6.56. The molecule has 0 saturated heterocycles. The number of aliphatic hydroxyl groups excluding tert-OH is 1. The number of carbonyl (C=O) groups excluding carboxylic acids is 1. The molecule has 114 valence electrons. The molecule has 1 atom stereocenters. The summed E-state index contributed by atoms with van der Waals surface area (Å²) in [7, 11) is -0.836. The minimum absolute atomic E-state index is 0.00848. The van der Waals surface area contributed by atoms with E-state index in [1.807, 2.05) is 19.1 Å². The SMILES string of the molecule is Cc1ccc(C#CCCO)c(C(=O)NCCCS(C)=O)c1. The van der Waals surface area contributed by atoms with Crippen LogP contribution in [0.2, 0.25) is 0 Å². The van der Waals surface area contributed by atoms with Crippen molar-refractivity contribution in [2.24, 2.45) is 0 Å². The fraction of sp³-hybridized carbons (Fsp3) is 0.438. The summed E-state index contributed by atoms with van der Waals surface area (Å²) in [5.74, 6) is 6.15. The van der Waals surface area contributed by atoms with Gasteiger partial charge < -0.3 is 10.4 Å². The summed E-state index contributed by atoms with van der Waals surface area (Å²) in [5.41, 5.74) is 2.19. The van der Waals surface area contributed by atoms with Crippen LogP contribution in [0.1, 0.15) is 34.3 Å². The third-order valence-corrected chi connectivity index (χ3v) is 3.64. The zero-order valence-corrected chi connectivity index (χ0v) is 13.3. The topological polar surface area (TPSA) is 66.4 Å². The molecule has 0 aliphatic rings. The molecule has 0 spiro atoms. The summed E-state index contributed by atoms with van der Waals surface area (Å²) in [5, 5.41) is 11.6. The van der Waals surface area contributed by atoms with Crippen molar-refractivity contribution in [2.45, 2.75) is 19.8 Å². The number of carbonyl (C=O) groups is 1. The Kier molecular flexibility index (Phi) is 7.73. The highest BCUT2D eigenvalue weighted by Crippen LogP contribution is 2.11. The fourth-order valence-electron chi connectivity index (χ4n) is 1.74. The average Bonchev–Trinajstić information content (AvgIpc) is 2.45. The monoisotopic (exact) mass is 307 g/mol. The van der Waals surface area contributed by atoms with Gasteiger partial charge in [-0.15, -0.1) is 0 Å². The molecule has 0 aliphatic carbocycles. The van der Waals surface area contributed by atoms with Gasteiger partial charge in [0.2, 0.25) is 0 Å². The summed E-state index contributed by atoms with van der Waals surface area (Å²) >= 11 is 0. The largest absolute Gasteiger partial charge is 0.395 e. The maximum absolute atomic E-state index is 12.2. The van der Waals surface area contributed by atoms with Gasteiger partial charge in [-0.1, -0.05) is 23.5 Å². The van der Waals surface area contributed by atoms with Crippen LogP contribution < -0.4 is 5.32 Å². The fourth-order valence-corrected chi connectivity index (χ4v) is 2.29. The molecular formula is C16H21NO3S. The summed E-state index contributed by atoms with van der Waals surface area (Å²) in [4.78, 5) is 12.2. The lowest BCUT2D eigenvalue weighted by Gasteiger charge is -2.07. The molecular weight excluding hydrogens is 286 g/mol. The van der Waals surface area contributed by atoms with Gasteiger partial charge >= 0.3 is 0 Å². The van der Waals surface area contributed by atoms with E-state index in [2.05, 4.69) is 17.2 Å². The summed E-state index contributed by atoms with van der Waals surface area (Å²) in [6.07, 6.45) is 2.72. The van der Waals surface area contributed by atoms with Crippen LogP contribution in [-0.4, -0.2) is 40.4 Å². The predicted octanol–water partition coefficient (Wildman–Crippen LogP) is 1.23. The van der Waals surface area contributed by atoms with Crippen LogP contribution in [0, 0.1) is 18.8 Å². The smallest absolute Gasteiger partial charge is 0.252 e. The molecule has 1 amide bonds. The second-order valence-corrected chi connectivity index (χ2v) is 6.27. The molecule has 5 heteroatoms. The highest BCUT2D eigenvalue weighted by molar-refractivity contribution is 7.84. The molecule has 1 aromatic carbocycles. The molecule has 0 aromatic heterocycles. The van der Waals surface area contributed by atoms with Crippen molar-refractivity contribution in [3.8, 4) is 11.8 Å². The first-order chi connectivity index (χ1) is 10.0. The Hall–Kier alpha value is -1.64. The van der Waals surface area contributed by atoms with E-state index in [1.165, 1.54) is 0 Å². The normalized spacial score (nSPS) is 11.4. The van der Waals surface area contributed by atoms with Gasteiger partial charge in [-0.3, -0.25) is 9.00 Å². The molecule has 0 radical (unpaired) electrons. The number of rotatable bonds is 6. The highest BCUT2D eigenvalue weighted by atomic mass is 32.2. The van der Waals surface area contributed by atoms with E-state index in [0.29, 0.717) is 36.3 Å². The molecule has 0 aliphatic heterocycles. The van der Waals surface area contributed by atoms with E-state index in [9.17, 15) is 9.00 Å². The molecule has 1 unspecified atom stereocenters. The van der Waals surface area contributed by atoms with Gasteiger partial charge in [-0.25, -0.2) is 0 Å². The lowest BCUT2D eigenvalue weighted by atomic mass is 10.0. The summed E-state index contributed by atoms with van der Waals surface area (Å²) in [6, 6.07) is 5.52. The average molecular weight is 307 g/mol. The second kappa shape index (κ2) is 9.32. The van der Waals surface area contributed by atoms with Gasteiger partial charge in [0.05, 0.1) is 12.2 Å². The van der Waals surface area contributed by atoms with E-state index in [4.69, 9.17) is 5.11 Å². The van der Waals surface area contributed by atoms with Crippen LogP contribution in [0.4, 0.5) is 0 Å². The predicted molar refractivity (Wildman–Crippen MR) is 85.6 cm³/mol. The van der Waals surface area contributed by atoms with Crippen LogP contribution in [0.15, 0.2) is 18.2 Å². The van der Waals surface area contributed by atoms with E-state index in [0.717, 1.165) is 5.56 Å². The minimum atomic E-state index is -0.836. The summed E-state index contributed by atoms with van der Waals surface area (Å²) in [6.45, 7) is 2.42. The van der Waals surface area contributed by atoms with E-state index >= 15 is 0 Å². The molecule has 2 N–H and O–H groups in total. The number of hydrogen-bond acceptors (Lipinski definition) is 3. The lowest BCUT2D eigenvalue weighted by molar-refractivity contribution is 0.0953. The summed E-state index contributed by atoms with van der Waals surface area (Å²) < 4.78 is 11.0. The van der Waals surface area contributed by atoms with Crippen LogP contribution >= 0.6 is 0 Å². The first kappa shape index (κ1) is 17.4. The Labute approximate surface area is 128 Å². The van der Waals surface area contributed by atoms with Crippen molar-refractivity contribution in [3.63, 3.8) is 0 Å². The third-order valence-electron chi connectivity index (χ3n) is 2.77. The molecule has 0 fully saturated rings. The minimum Gasteiger partial charge on any atom is -0.395 e. The first-order valence-electron chi connectivity index (χ1n) is 6.83. The van der Waals surface area contributed by atoms with Gasteiger partial charge in [0.25, 0.3) is 5.91 Å². The Balaban J connectivity index is 2.75. The van der Waals surface area contributed by atoms with Gasteiger partial charge in [0.1, 0.15) is 0 Å². The molecule has 4 nitrogen and oxygen atoms in total. The van der Waals surface area contributed by atoms with Crippen molar-refractivity contribution >= 4 is 16.7 Å². The lowest BCUT2D eigenvalue weighted by Crippen LogP contribution is -2.26. The first-order valence-corrected chi connectivity index (χ1v) is 8.56. The second-order valence-electron chi connectivity index (χ2n) is 4.71. The van der Waals surface area contributed by atoms with Crippen molar-refractivity contribution in [2.75, 3.05) is 25.2 Å². The number of aliphatic hydroxyl groups is 1. The van der Waals surface area contributed by atoms with Crippen LogP contribution in [0.5, 0.6) is 0 Å². The van der Waals surface area contributed by atoms with Crippen molar-refractivity contribution < 1.29 is 14.1 Å². The molecule has 0 bridgehead atoms. The molecule has 21 heavy (non-hydrogen) atoms. The Morgan fingerprint density at radius 3 is 2.86 bits per heavy atom. The maximum atomic E-state index is 12.2. The van der Waals surface area contributed by atoms with Crippen molar-refractivity contribution in [3.05, 3.63) is 34.9 Å². The Morgan fingerprint density at radius 2 is 2.19 bits per heavy atom. The highest BCUT2D eigenvalue weighted by Gasteiger charge is 2.10. The number of amides is 1. The molecule has 1 aromatic rings. The van der Waals surface area contributed by atoms with Gasteiger partial charge in [0.15, 0.2) is 0 Å². The maximum Gasteiger partial charge on any atom is 0.252 e. The van der Waals surface area contributed by atoms with Crippen LogP contribution in [-0.2, 0) is 10.8 Å². The zero-order valence-electron chi connectivity index (χ0n) is 12.4.